The first-order valence-corrected chi connectivity index (χ1v) is 6.25. The van der Waals surface area contributed by atoms with E-state index in [0.29, 0.717) is 12.3 Å². The van der Waals surface area contributed by atoms with Crippen molar-refractivity contribution in [3.63, 3.8) is 0 Å². The summed E-state index contributed by atoms with van der Waals surface area (Å²) < 4.78 is 0. The van der Waals surface area contributed by atoms with Crippen LogP contribution in [0.25, 0.3) is 0 Å². The third-order valence-corrected chi connectivity index (χ3v) is 3.81. The minimum Gasteiger partial charge on any atom is -0.481 e. The normalized spacial score (nSPS) is 19.1. The Hall–Kier alpha value is -1.31. The zero-order valence-electron chi connectivity index (χ0n) is 10.8. The number of carboxylic acids is 1. The van der Waals surface area contributed by atoms with Crippen LogP contribution in [0.1, 0.15) is 49.8 Å². The quantitative estimate of drug-likeness (QED) is 0.867. The fraction of sp³-hybridized carbons (Fsp3) is 0.533. The van der Waals surface area contributed by atoms with Crippen molar-refractivity contribution >= 4 is 5.97 Å². The van der Waals surface area contributed by atoms with E-state index >= 15 is 0 Å². The molecule has 0 radical (unpaired) electrons. The summed E-state index contributed by atoms with van der Waals surface area (Å²) in [6, 6.07) is 6.46. The molecule has 92 valence electrons. The van der Waals surface area contributed by atoms with E-state index in [4.69, 9.17) is 5.11 Å². The Bertz CT molecular complexity index is 446. The molecule has 1 unspecified atom stereocenters. The third kappa shape index (κ3) is 2.36. The third-order valence-electron chi connectivity index (χ3n) is 3.81. The molecule has 1 aromatic carbocycles. The first kappa shape index (κ1) is 12.2. The zero-order chi connectivity index (χ0) is 12.6. The zero-order valence-corrected chi connectivity index (χ0v) is 10.8. The highest BCUT2D eigenvalue weighted by atomic mass is 16.4. The average molecular weight is 232 g/mol. The molecule has 2 rings (SSSR count). The minimum atomic E-state index is -0.731. The lowest BCUT2D eigenvalue weighted by atomic mass is 9.85. The lowest BCUT2D eigenvalue weighted by Gasteiger charge is -2.19. The van der Waals surface area contributed by atoms with Gasteiger partial charge in [0, 0.05) is 0 Å². The molecule has 2 heteroatoms. The van der Waals surface area contributed by atoms with Crippen LogP contribution in [0.3, 0.4) is 0 Å². The Labute approximate surface area is 103 Å². The van der Waals surface area contributed by atoms with Crippen molar-refractivity contribution in [1.29, 1.82) is 0 Å². The number of benzene rings is 1. The second kappa shape index (κ2) is 4.17. The summed E-state index contributed by atoms with van der Waals surface area (Å²) in [5.41, 5.74) is 3.32. The Kier molecular flexibility index (Phi) is 2.98. The predicted molar refractivity (Wildman–Crippen MR) is 68.3 cm³/mol. The van der Waals surface area contributed by atoms with Gasteiger partial charge >= 0.3 is 5.97 Å². The molecule has 2 nitrogen and oxygen atoms in total. The van der Waals surface area contributed by atoms with Crippen LogP contribution >= 0.6 is 0 Å². The molecule has 1 aromatic rings. The lowest BCUT2D eigenvalue weighted by molar-refractivity contribution is -0.146. The van der Waals surface area contributed by atoms with E-state index in [1.165, 1.54) is 24.0 Å². The van der Waals surface area contributed by atoms with Gasteiger partial charge in [0.15, 0.2) is 0 Å². The molecule has 17 heavy (non-hydrogen) atoms. The Morgan fingerprint density at radius 3 is 2.82 bits per heavy atom. The van der Waals surface area contributed by atoms with Crippen LogP contribution in [0.4, 0.5) is 0 Å². The van der Waals surface area contributed by atoms with E-state index in [-0.39, 0.29) is 0 Å². The van der Waals surface area contributed by atoms with E-state index in [2.05, 4.69) is 25.1 Å². The first-order valence-electron chi connectivity index (χ1n) is 6.25. The van der Waals surface area contributed by atoms with Crippen molar-refractivity contribution < 1.29 is 9.90 Å². The van der Waals surface area contributed by atoms with Crippen LogP contribution < -0.4 is 0 Å². The second-order valence-electron chi connectivity index (χ2n) is 5.84. The highest BCUT2D eigenvalue weighted by Gasteiger charge is 2.28. The second-order valence-corrected chi connectivity index (χ2v) is 5.84. The van der Waals surface area contributed by atoms with Crippen LogP contribution in [0, 0.1) is 5.41 Å². The molecule has 0 saturated carbocycles. The summed E-state index contributed by atoms with van der Waals surface area (Å²) >= 11 is 0. The Balaban J connectivity index is 2.24. The number of rotatable bonds is 3. The average Bonchev–Trinajstić information content (AvgIpc) is 2.60. The largest absolute Gasteiger partial charge is 0.481 e. The van der Waals surface area contributed by atoms with E-state index in [0.717, 1.165) is 5.56 Å². The van der Waals surface area contributed by atoms with Crippen LogP contribution in [-0.2, 0) is 17.6 Å². The summed E-state index contributed by atoms with van der Waals surface area (Å²) in [6.45, 7) is 5.82. The minimum absolute atomic E-state index is 0.600. The number of hydrogen-bond donors (Lipinski definition) is 1. The maximum Gasteiger partial charge on any atom is 0.309 e. The summed E-state index contributed by atoms with van der Waals surface area (Å²) in [6.07, 6.45) is 2.99. The highest BCUT2D eigenvalue weighted by molar-refractivity contribution is 5.74. The summed E-state index contributed by atoms with van der Waals surface area (Å²) in [4.78, 5) is 11.1. The summed E-state index contributed by atoms with van der Waals surface area (Å²) in [5.74, 6) is -0.107. The van der Waals surface area contributed by atoms with Gasteiger partial charge in [0.05, 0.1) is 5.41 Å². The van der Waals surface area contributed by atoms with Gasteiger partial charge < -0.3 is 5.11 Å². The van der Waals surface area contributed by atoms with Gasteiger partial charge in [-0.3, -0.25) is 4.79 Å². The highest BCUT2D eigenvalue weighted by Crippen LogP contribution is 2.34. The van der Waals surface area contributed by atoms with Gasteiger partial charge in [-0.2, -0.15) is 0 Å². The molecular formula is C15H20O2. The maximum absolute atomic E-state index is 11.1. The van der Waals surface area contributed by atoms with Crippen molar-refractivity contribution in [2.24, 2.45) is 5.41 Å². The topological polar surface area (TPSA) is 37.3 Å². The number of carboxylic acid groups (broad SMARTS) is 1. The summed E-state index contributed by atoms with van der Waals surface area (Å²) in [5, 5.41) is 9.15. The van der Waals surface area contributed by atoms with E-state index in [1.54, 1.807) is 13.8 Å². The van der Waals surface area contributed by atoms with Crippen molar-refractivity contribution in [3.05, 3.63) is 34.9 Å². The first-order chi connectivity index (χ1) is 7.90. The molecule has 0 heterocycles. The predicted octanol–water partition coefficient (Wildman–Crippen LogP) is 3.39. The van der Waals surface area contributed by atoms with Crippen LogP contribution in [0.2, 0.25) is 0 Å². The molecule has 0 fully saturated rings. The van der Waals surface area contributed by atoms with Gasteiger partial charge in [0.2, 0.25) is 0 Å². The van der Waals surface area contributed by atoms with Crippen molar-refractivity contribution in [3.8, 4) is 0 Å². The molecule has 0 bridgehead atoms. The number of aliphatic carboxylic acids is 1. The maximum atomic E-state index is 11.1. The van der Waals surface area contributed by atoms with Crippen molar-refractivity contribution in [2.75, 3.05) is 0 Å². The van der Waals surface area contributed by atoms with Crippen LogP contribution in [0.5, 0.6) is 0 Å². The van der Waals surface area contributed by atoms with Crippen LogP contribution in [-0.4, -0.2) is 11.1 Å². The molecule has 0 amide bonds. The van der Waals surface area contributed by atoms with E-state index in [1.807, 2.05) is 0 Å². The number of hydrogen-bond acceptors (Lipinski definition) is 1. The van der Waals surface area contributed by atoms with E-state index in [9.17, 15) is 4.79 Å². The Morgan fingerprint density at radius 2 is 2.18 bits per heavy atom. The number of aryl methyl sites for hydroxylation is 1. The molecule has 1 aliphatic rings. The fourth-order valence-corrected chi connectivity index (χ4v) is 2.55. The van der Waals surface area contributed by atoms with Gasteiger partial charge in [0.1, 0.15) is 0 Å². The monoisotopic (exact) mass is 232 g/mol. The van der Waals surface area contributed by atoms with Gasteiger partial charge in [-0.1, -0.05) is 25.1 Å². The summed E-state index contributed by atoms with van der Waals surface area (Å²) in [7, 11) is 0. The fourth-order valence-electron chi connectivity index (χ4n) is 2.55. The molecule has 0 aliphatic heterocycles. The number of carbonyl (C=O) groups is 1. The molecule has 0 saturated heterocycles. The standard InChI is InChI=1S/C15H20O2/c1-10-4-6-12-7-5-11(8-13(10)12)9-15(2,3)14(16)17/h5,7-8,10H,4,6,9H2,1-3H3,(H,16,17). The molecular weight excluding hydrogens is 212 g/mol. The number of fused-ring (bicyclic) bond motifs is 1. The smallest absolute Gasteiger partial charge is 0.309 e. The van der Waals surface area contributed by atoms with Gasteiger partial charge in [-0.15, -0.1) is 0 Å². The van der Waals surface area contributed by atoms with Gasteiger partial charge in [-0.25, -0.2) is 0 Å². The molecule has 1 atom stereocenters. The van der Waals surface area contributed by atoms with Crippen molar-refractivity contribution in [1.82, 2.24) is 0 Å². The molecule has 1 N–H and O–H groups in total. The molecule has 0 aromatic heterocycles. The van der Waals surface area contributed by atoms with Gasteiger partial charge in [-0.05, 0) is 55.7 Å². The molecule has 1 aliphatic carbocycles. The SMILES string of the molecule is CC1CCc2ccc(CC(C)(C)C(=O)O)cc21. The van der Waals surface area contributed by atoms with E-state index < -0.39 is 11.4 Å². The van der Waals surface area contributed by atoms with Gasteiger partial charge in [0.25, 0.3) is 0 Å². The van der Waals surface area contributed by atoms with Crippen molar-refractivity contribution in [2.45, 2.75) is 46.0 Å². The lowest BCUT2D eigenvalue weighted by Crippen LogP contribution is -2.26. The Morgan fingerprint density at radius 1 is 1.47 bits per heavy atom. The molecule has 0 spiro atoms. The van der Waals surface area contributed by atoms with Crippen LogP contribution in [0.15, 0.2) is 18.2 Å².